The zero-order chi connectivity index (χ0) is 16.3. The van der Waals surface area contributed by atoms with Crippen molar-refractivity contribution in [3.05, 3.63) is 34.9 Å². The summed E-state index contributed by atoms with van der Waals surface area (Å²) in [5.41, 5.74) is 0.0835. The number of alkyl halides is 3. The highest BCUT2D eigenvalue weighted by Crippen LogP contribution is 2.33. The second kappa shape index (κ2) is 6.53. The Bertz CT molecular complexity index is 689. The van der Waals surface area contributed by atoms with Crippen LogP contribution in [0.1, 0.15) is 0 Å². The van der Waals surface area contributed by atoms with Gasteiger partial charge in [-0.2, -0.15) is 5.10 Å². The van der Waals surface area contributed by atoms with E-state index in [-0.39, 0.29) is 10.8 Å². The van der Waals surface area contributed by atoms with Gasteiger partial charge in [-0.25, -0.2) is 0 Å². The van der Waals surface area contributed by atoms with E-state index >= 15 is 0 Å². The third kappa shape index (κ3) is 4.60. The highest BCUT2D eigenvalue weighted by Gasteiger charge is 2.32. The number of halogens is 4. The number of nitrogens with one attached hydrogen (secondary N) is 2. The van der Waals surface area contributed by atoms with Gasteiger partial charge < -0.3 is 15.4 Å². The van der Waals surface area contributed by atoms with Gasteiger partial charge in [-0.3, -0.25) is 4.68 Å². The summed E-state index contributed by atoms with van der Waals surface area (Å²) in [6.45, 7) is 0. The number of ether oxygens (including phenoxy) is 1. The fourth-order valence-corrected chi connectivity index (χ4v) is 2.13. The van der Waals surface area contributed by atoms with Crippen molar-refractivity contribution >= 4 is 44.8 Å². The van der Waals surface area contributed by atoms with Crippen LogP contribution in [0.2, 0.25) is 0 Å². The highest BCUT2D eigenvalue weighted by atomic mass is 79.9. The number of hydrogen-bond donors (Lipinski definition) is 2. The van der Waals surface area contributed by atoms with Gasteiger partial charge in [-0.05, 0) is 30.4 Å². The van der Waals surface area contributed by atoms with Gasteiger partial charge in [-0.15, -0.1) is 13.2 Å². The van der Waals surface area contributed by atoms with Crippen molar-refractivity contribution in [3.8, 4) is 5.75 Å². The minimum Gasteiger partial charge on any atom is -0.404 e. The SMILES string of the molecule is Cn1nccc1NC(=S)Nc1ccc(Br)cc1OC(F)(F)F. The van der Waals surface area contributed by atoms with E-state index in [4.69, 9.17) is 12.2 Å². The maximum atomic E-state index is 12.4. The van der Waals surface area contributed by atoms with E-state index in [0.29, 0.717) is 10.3 Å². The molecule has 0 radical (unpaired) electrons. The molecule has 0 atom stereocenters. The van der Waals surface area contributed by atoms with E-state index in [9.17, 15) is 13.2 Å². The molecule has 0 aliphatic heterocycles. The first-order chi connectivity index (χ1) is 10.2. The van der Waals surface area contributed by atoms with E-state index in [1.807, 2.05) is 0 Å². The molecule has 0 spiro atoms. The Kier molecular flexibility index (Phi) is 4.91. The van der Waals surface area contributed by atoms with Crippen molar-refractivity contribution in [3.63, 3.8) is 0 Å². The van der Waals surface area contributed by atoms with Crippen LogP contribution >= 0.6 is 28.1 Å². The van der Waals surface area contributed by atoms with Gasteiger partial charge in [-0.1, -0.05) is 15.9 Å². The van der Waals surface area contributed by atoms with Crippen LogP contribution in [-0.4, -0.2) is 21.3 Å². The molecular weight excluding hydrogens is 385 g/mol. The first-order valence-electron chi connectivity index (χ1n) is 5.86. The molecule has 118 valence electrons. The normalized spacial score (nSPS) is 11.1. The van der Waals surface area contributed by atoms with Crippen molar-refractivity contribution in [2.75, 3.05) is 10.6 Å². The number of hydrogen-bond acceptors (Lipinski definition) is 3. The Morgan fingerprint density at radius 3 is 2.64 bits per heavy atom. The molecule has 0 saturated heterocycles. The maximum Gasteiger partial charge on any atom is 0.573 e. The molecule has 0 unspecified atom stereocenters. The van der Waals surface area contributed by atoms with Crippen LogP contribution in [-0.2, 0) is 7.05 Å². The predicted molar refractivity (Wildman–Crippen MR) is 83.9 cm³/mol. The van der Waals surface area contributed by atoms with E-state index < -0.39 is 12.1 Å². The van der Waals surface area contributed by atoms with Crippen molar-refractivity contribution in [1.29, 1.82) is 0 Å². The van der Waals surface area contributed by atoms with Crippen LogP contribution < -0.4 is 15.4 Å². The number of rotatable bonds is 3. The molecule has 5 nitrogen and oxygen atoms in total. The predicted octanol–water partition coefficient (Wildman–Crippen LogP) is 3.89. The average Bonchev–Trinajstić information content (AvgIpc) is 2.76. The number of thiocarbonyl (C=S) groups is 1. The number of aromatic nitrogens is 2. The summed E-state index contributed by atoms with van der Waals surface area (Å²) in [5, 5.41) is 9.53. The topological polar surface area (TPSA) is 51.1 Å². The van der Waals surface area contributed by atoms with Crippen LogP contribution in [0.4, 0.5) is 24.7 Å². The van der Waals surface area contributed by atoms with Crippen molar-refractivity contribution in [2.24, 2.45) is 7.05 Å². The number of benzene rings is 1. The standard InChI is InChI=1S/C12H10BrF3N4OS/c1-20-10(4-5-17-20)19-11(22)18-8-3-2-7(13)6-9(8)21-12(14,15)16/h2-6H,1H3,(H2,18,19,22). The largest absolute Gasteiger partial charge is 0.573 e. The third-order valence-electron chi connectivity index (χ3n) is 2.48. The Labute approximate surface area is 137 Å². The minimum absolute atomic E-state index is 0.0835. The molecule has 1 aromatic carbocycles. The second-order valence-electron chi connectivity index (χ2n) is 4.11. The van der Waals surface area contributed by atoms with Gasteiger partial charge in [0, 0.05) is 17.6 Å². The molecule has 1 heterocycles. The van der Waals surface area contributed by atoms with Crippen LogP contribution in [0, 0.1) is 0 Å². The quantitative estimate of drug-likeness (QED) is 0.773. The van der Waals surface area contributed by atoms with Crippen molar-refractivity contribution < 1.29 is 17.9 Å². The fourth-order valence-electron chi connectivity index (χ4n) is 1.58. The molecule has 2 aromatic rings. The zero-order valence-electron chi connectivity index (χ0n) is 11.1. The van der Waals surface area contributed by atoms with Crippen LogP contribution in [0.5, 0.6) is 5.75 Å². The summed E-state index contributed by atoms with van der Waals surface area (Å²) in [7, 11) is 1.70. The summed E-state index contributed by atoms with van der Waals surface area (Å²) < 4.78 is 43.2. The van der Waals surface area contributed by atoms with Crippen LogP contribution in [0.25, 0.3) is 0 Å². The Morgan fingerprint density at radius 1 is 1.32 bits per heavy atom. The summed E-state index contributed by atoms with van der Waals surface area (Å²) in [6.07, 6.45) is -3.24. The minimum atomic E-state index is -4.80. The lowest BCUT2D eigenvalue weighted by atomic mass is 10.3. The fraction of sp³-hybridized carbons (Fsp3) is 0.167. The lowest BCUT2D eigenvalue weighted by Gasteiger charge is -2.16. The van der Waals surface area contributed by atoms with Gasteiger partial charge in [0.2, 0.25) is 0 Å². The zero-order valence-corrected chi connectivity index (χ0v) is 13.5. The van der Waals surface area contributed by atoms with Gasteiger partial charge in [0.05, 0.1) is 11.9 Å². The van der Waals surface area contributed by atoms with Crippen molar-refractivity contribution in [2.45, 2.75) is 6.36 Å². The third-order valence-corrected chi connectivity index (χ3v) is 3.18. The monoisotopic (exact) mass is 394 g/mol. The molecule has 0 amide bonds. The van der Waals surface area contributed by atoms with Gasteiger partial charge in [0.1, 0.15) is 5.82 Å². The van der Waals surface area contributed by atoms with Gasteiger partial charge in [0.15, 0.2) is 10.9 Å². The molecule has 1 aromatic heterocycles. The summed E-state index contributed by atoms with van der Waals surface area (Å²) >= 11 is 8.16. The molecule has 0 aliphatic rings. The van der Waals surface area contributed by atoms with Crippen molar-refractivity contribution in [1.82, 2.24) is 9.78 Å². The Hall–Kier alpha value is -1.81. The molecule has 22 heavy (non-hydrogen) atoms. The molecule has 0 aliphatic carbocycles. The molecule has 0 saturated carbocycles. The highest BCUT2D eigenvalue weighted by molar-refractivity contribution is 9.10. The van der Waals surface area contributed by atoms with Crippen LogP contribution in [0.3, 0.4) is 0 Å². The molecule has 2 rings (SSSR count). The number of aryl methyl sites for hydroxylation is 1. The van der Waals surface area contributed by atoms with E-state index in [2.05, 4.69) is 36.4 Å². The Morgan fingerprint density at radius 2 is 2.05 bits per heavy atom. The first kappa shape index (κ1) is 16.6. The summed E-state index contributed by atoms with van der Waals surface area (Å²) in [5.74, 6) is 0.198. The first-order valence-corrected chi connectivity index (χ1v) is 7.06. The van der Waals surface area contributed by atoms with E-state index in [1.165, 1.54) is 16.8 Å². The molecule has 10 heteroatoms. The maximum absolute atomic E-state index is 12.4. The summed E-state index contributed by atoms with van der Waals surface area (Å²) in [6, 6.07) is 5.85. The van der Waals surface area contributed by atoms with E-state index in [0.717, 1.165) is 0 Å². The molecule has 2 N–H and O–H groups in total. The lowest BCUT2D eigenvalue weighted by Crippen LogP contribution is -2.23. The van der Waals surface area contributed by atoms with Gasteiger partial charge >= 0.3 is 6.36 Å². The average molecular weight is 395 g/mol. The Balaban J connectivity index is 2.15. The summed E-state index contributed by atoms with van der Waals surface area (Å²) in [4.78, 5) is 0. The molecule has 0 bridgehead atoms. The molecule has 0 fully saturated rings. The molecular formula is C12H10BrF3N4OS. The smallest absolute Gasteiger partial charge is 0.404 e. The lowest BCUT2D eigenvalue weighted by molar-refractivity contribution is -0.274. The number of nitrogens with zero attached hydrogens (tertiary/aromatic N) is 2. The van der Waals surface area contributed by atoms with E-state index in [1.54, 1.807) is 25.4 Å². The number of anilines is 2. The van der Waals surface area contributed by atoms with Gasteiger partial charge in [0.25, 0.3) is 0 Å². The second-order valence-corrected chi connectivity index (χ2v) is 5.43. The van der Waals surface area contributed by atoms with Crippen LogP contribution in [0.15, 0.2) is 34.9 Å².